The molecule has 0 saturated carbocycles. The van der Waals surface area contributed by atoms with Crippen molar-refractivity contribution >= 4 is 0 Å². The van der Waals surface area contributed by atoms with Gasteiger partial charge in [-0.25, -0.2) is 0 Å². The van der Waals surface area contributed by atoms with Crippen LogP contribution in [0.1, 0.15) is 6.92 Å². The molecule has 4 heteroatoms. The maximum atomic E-state index is 5.88. The van der Waals surface area contributed by atoms with Crippen LogP contribution in [0.3, 0.4) is 0 Å². The Morgan fingerprint density at radius 1 is 1.28 bits per heavy atom. The summed E-state index contributed by atoms with van der Waals surface area (Å²) >= 11 is 0. The standard InChI is InChI=1S/C14H19NO3/c1-14(9-16-10-14)8-15-6-11-7-17-12-4-2-3-5-13(12)18-11/h2-5,11,15H,6-10H2,1H3. The molecule has 0 spiro atoms. The van der Waals surface area contributed by atoms with E-state index in [-0.39, 0.29) is 6.10 Å². The van der Waals surface area contributed by atoms with Crippen molar-refractivity contribution in [3.05, 3.63) is 24.3 Å². The first kappa shape index (κ1) is 11.8. The summed E-state index contributed by atoms with van der Waals surface area (Å²) in [5.74, 6) is 1.68. The van der Waals surface area contributed by atoms with Crippen LogP contribution < -0.4 is 14.8 Å². The van der Waals surface area contributed by atoms with Crippen molar-refractivity contribution in [1.82, 2.24) is 5.32 Å². The van der Waals surface area contributed by atoms with Crippen LogP contribution in [-0.4, -0.2) is 39.0 Å². The summed E-state index contributed by atoms with van der Waals surface area (Å²) in [7, 11) is 0. The number of hydrogen-bond acceptors (Lipinski definition) is 4. The summed E-state index contributed by atoms with van der Waals surface area (Å²) in [4.78, 5) is 0. The average molecular weight is 249 g/mol. The largest absolute Gasteiger partial charge is 0.486 e. The molecule has 1 aromatic rings. The number of ether oxygens (including phenoxy) is 3. The van der Waals surface area contributed by atoms with Crippen LogP contribution in [0.15, 0.2) is 24.3 Å². The van der Waals surface area contributed by atoms with E-state index in [1.807, 2.05) is 24.3 Å². The highest BCUT2D eigenvalue weighted by Gasteiger charge is 2.33. The van der Waals surface area contributed by atoms with Crippen LogP contribution in [0, 0.1) is 5.41 Å². The van der Waals surface area contributed by atoms with E-state index in [1.54, 1.807) is 0 Å². The molecule has 1 unspecified atom stereocenters. The van der Waals surface area contributed by atoms with Crippen LogP contribution in [0.4, 0.5) is 0 Å². The smallest absolute Gasteiger partial charge is 0.161 e. The van der Waals surface area contributed by atoms with Gasteiger partial charge in [-0.3, -0.25) is 0 Å². The topological polar surface area (TPSA) is 39.7 Å². The van der Waals surface area contributed by atoms with E-state index < -0.39 is 0 Å². The summed E-state index contributed by atoms with van der Waals surface area (Å²) in [6.45, 7) is 6.32. The fourth-order valence-electron chi connectivity index (χ4n) is 2.25. The first-order valence-corrected chi connectivity index (χ1v) is 6.42. The summed E-state index contributed by atoms with van der Waals surface area (Å²) in [6, 6.07) is 7.80. The molecule has 2 heterocycles. The van der Waals surface area contributed by atoms with E-state index in [1.165, 1.54) is 0 Å². The molecule has 98 valence electrons. The van der Waals surface area contributed by atoms with Crippen molar-refractivity contribution in [3.63, 3.8) is 0 Å². The molecule has 0 bridgehead atoms. The van der Waals surface area contributed by atoms with E-state index >= 15 is 0 Å². The van der Waals surface area contributed by atoms with Gasteiger partial charge in [0.1, 0.15) is 12.7 Å². The Morgan fingerprint density at radius 2 is 2.06 bits per heavy atom. The second kappa shape index (κ2) is 4.78. The average Bonchev–Trinajstić information content (AvgIpc) is 2.37. The van der Waals surface area contributed by atoms with Gasteiger partial charge in [-0.1, -0.05) is 19.1 Å². The molecule has 0 amide bonds. The number of hydrogen-bond donors (Lipinski definition) is 1. The fourth-order valence-corrected chi connectivity index (χ4v) is 2.25. The highest BCUT2D eigenvalue weighted by atomic mass is 16.6. The molecule has 0 aliphatic carbocycles. The molecule has 1 N–H and O–H groups in total. The van der Waals surface area contributed by atoms with E-state index in [9.17, 15) is 0 Å². The predicted molar refractivity (Wildman–Crippen MR) is 68.1 cm³/mol. The zero-order valence-electron chi connectivity index (χ0n) is 10.6. The molecule has 0 aromatic heterocycles. The molecular formula is C14H19NO3. The summed E-state index contributed by atoms with van der Waals surface area (Å²) in [6.07, 6.45) is 0.0875. The van der Waals surface area contributed by atoms with Gasteiger partial charge in [-0.05, 0) is 12.1 Å². The lowest BCUT2D eigenvalue weighted by molar-refractivity contribution is -0.0997. The number of para-hydroxylation sites is 2. The molecule has 2 aliphatic heterocycles. The van der Waals surface area contributed by atoms with Crippen molar-refractivity contribution in [1.29, 1.82) is 0 Å². The Hall–Kier alpha value is -1.26. The first-order valence-electron chi connectivity index (χ1n) is 6.42. The van der Waals surface area contributed by atoms with E-state index in [4.69, 9.17) is 14.2 Å². The monoisotopic (exact) mass is 249 g/mol. The number of rotatable bonds is 4. The van der Waals surface area contributed by atoms with Gasteiger partial charge in [0.15, 0.2) is 11.5 Å². The Kier molecular flexibility index (Phi) is 3.14. The van der Waals surface area contributed by atoms with Gasteiger partial charge in [-0.2, -0.15) is 0 Å². The SMILES string of the molecule is CC1(CNCC2COc3ccccc3O2)COC1. The Bertz CT molecular complexity index is 417. The lowest BCUT2D eigenvalue weighted by Gasteiger charge is -2.38. The molecule has 1 atom stereocenters. The van der Waals surface area contributed by atoms with Crippen LogP contribution in [0.25, 0.3) is 0 Å². The lowest BCUT2D eigenvalue weighted by atomic mass is 9.89. The van der Waals surface area contributed by atoms with Gasteiger partial charge in [-0.15, -0.1) is 0 Å². The van der Waals surface area contributed by atoms with Gasteiger partial charge in [0.2, 0.25) is 0 Å². The minimum Gasteiger partial charge on any atom is -0.486 e. The van der Waals surface area contributed by atoms with E-state index in [2.05, 4.69) is 12.2 Å². The summed E-state index contributed by atoms with van der Waals surface area (Å²) < 4.78 is 16.8. The molecule has 1 saturated heterocycles. The second-order valence-corrected chi connectivity index (χ2v) is 5.43. The van der Waals surface area contributed by atoms with E-state index in [0.29, 0.717) is 12.0 Å². The van der Waals surface area contributed by atoms with Crippen molar-refractivity contribution in [2.75, 3.05) is 32.9 Å². The lowest BCUT2D eigenvalue weighted by Crippen LogP contribution is -2.49. The predicted octanol–water partition coefficient (Wildman–Crippen LogP) is 1.45. The maximum Gasteiger partial charge on any atom is 0.161 e. The Labute approximate surface area is 107 Å². The van der Waals surface area contributed by atoms with Crippen molar-refractivity contribution in [2.24, 2.45) is 5.41 Å². The summed E-state index contributed by atoms with van der Waals surface area (Å²) in [5, 5.41) is 3.44. The molecule has 0 radical (unpaired) electrons. The van der Waals surface area contributed by atoms with Crippen LogP contribution >= 0.6 is 0 Å². The Balaban J connectivity index is 1.48. The molecule has 1 fully saturated rings. The Morgan fingerprint density at radius 3 is 2.78 bits per heavy atom. The molecule has 1 aromatic carbocycles. The molecule has 4 nitrogen and oxygen atoms in total. The molecule has 2 aliphatic rings. The van der Waals surface area contributed by atoms with Crippen molar-refractivity contribution in [2.45, 2.75) is 13.0 Å². The van der Waals surface area contributed by atoms with Gasteiger partial charge >= 0.3 is 0 Å². The highest BCUT2D eigenvalue weighted by Crippen LogP contribution is 2.30. The zero-order chi connectivity index (χ0) is 12.4. The highest BCUT2D eigenvalue weighted by molar-refractivity contribution is 5.40. The van der Waals surface area contributed by atoms with Gasteiger partial charge < -0.3 is 19.5 Å². The number of nitrogens with one attached hydrogen (secondary N) is 1. The van der Waals surface area contributed by atoms with Gasteiger partial charge in [0, 0.05) is 18.5 Å². The minimum absolute atomic E-state index is 0.0875. The van der Waals surface area contributed by atoms with Crippen LogP contribution in [-0.2, 0) is 4.74 Å². The third-order valence-electron chi connectivity index (χ3n) is 3.39. The second-order valence-electron chi connectivity index (χ2n) is 5.43. The zero-order valence-corrected chi connectivity index (χ0v) is 10.6. The molecule has 3 rings (SSSR count). The minimum atomic E-state index is 0.0875. The van der Waals surface area contributed by atoms with Crippen molar-refractivity contribution in [3.8, 4) is 11.5 Å². The van der Waals surface area contributed by atoms with Crippen LogP contribution in [0.5, 0.6) is 11.5 Å². The van der Waals surface area contributed by atoms with E-state index in [0.717, 1.165) is 37.8 Å². The van der Waals surface area contributed by atoms with Crippen molar-refractivity contribution < 1.29 is 14.2 Å². The normalized spacial score (nSPS) is 24.4. The first-order chi connectivity index (χ1) is 8.75. The number of benzene rings is 1. The van der Waals surface area contributed by atoms with Crippen LogP contribution in [0.2, 0.25) is 0 Å². The van der Waals surface area contributed by atoms with Gasteiger partial charge in [0.05, 0.1) is 13.2 Å². The quantitative estimate of drug-likeness (QED) is 0.877. The number of fused-ring (bicyclic) bond motifs is 1. The van der Waals surface area contributed by atoms with Gasteiger partial charge in [0.25, 0.3) is 0 Å². The fraction of sp³-hybridized carbons (Fsp3) is 0.571. The molecular weight excluding hydrogens is 230 g/mol. The third kappa shape index (κ3) is 2.44. The third-order valence-corrected chi connectivity index (χ3v) is 3.39. The maximum absolute atomic E-state index is 5.88. The summed E-state index contributed by atoms with van der Waals surface area (Å²) in [5.41, 5.74) is 0.299. The molecule has 18 heavy (non-hydrogen) atoms.